The minimum absolute atomic E-state index is 1.07. The summed E-state index contributed by atoms with van der Waals surface area (Å²) >= 11 is 5.27. The van der Waals surface area contributed by atoms with Crippen LogP contribution < -0.4 is 0 Å². The zero-order chi connectivity index (χ0) is 12.7. The van der Waals surface area contributed by atoms with Gasteiger partial charge in [-0.3, -0.25) is 0 Å². The van der Waals surface area contributed by atoms with Crippen molar-refractivity contribution in [3.05, 3.63) is 37.8 Å². The zero-order valence-corrected chi connectivity index (χ0v) is 13.2. The molecule has 2 aromatic rings. The lowest BCUT2D eigenvalue weighted by molar-refractivity contribution is 1.21. The van der Waals surface area contributed by atoms with Crippen LogP contribution in [0.15, 0.2) is 9.85 Å². The Bertz CT molecular complexity index is 539. The first-order valence-electron chi connectivity index (χ1n) is 5.62. The normalized spacial score (nSPS) is 10.9. The van der Waals surface area contributed by atoms with Crippen molar-refractivity contribution in [2.45, 2.75) is 34.6 Å². The van der Waals surface area contributed by atoms with Crippen LogP contribution >= 0.6 is 27.3 Å². The van der Waals surface area contributed by atoms with Gasteiger partial charge in [0, 0.05) is 5.56 Å². The van der Waals surface area contributed by atoms with Gasteiger partial charge in [-0.05, 0) is 72.8 Å². The summed E-state index contributed by atoms with van der Waals surface area (Å²) in [5, 5.41) is 1.12. The molecular formula is C14H16BrNS. The molecular weight excluding hydrogens is 294 g/mol. The Balaban J connectivity index is 2.74. The molecule has 0 saturated carbocycles. The van der Waals surface area contributed by atoms with E-state index in [-0.39, 0.29) is 0 Å². The molecule has 0 aliphatic heterocycles. The third kappa shape index (κ3) is 2.18. The maximum atomic E-state index is 4.66. The number of aromatic nitrogens is 1. The topological polar surface area (TPSA) is 12.9 Å². The van der Waals surface area contributed by atoms with Gasteiger partial charge in [0.15, 0.2) is 0 Å². The van der Waals surface area contributed by atoms with E-state index in [0.29, 0.717) is 0 Å². The van der Waals surface area contributed by atoms with Crippen LogP contribution in [0.5, 0.6) is 0 Å². The molecule has 0 bridgehead atoms. The molecule has 0 N–H and O–H groups in total. The summed E-state index contributed by atoms with van der Waals surface area (Å²) in [7, 11) is 0. The molecule has 0 fully saturated rings. The van der Waals surface area contributed by atoms with E-state index in [1.165, 1.54) is 27.8 Å². The number of hydrogen-bond acceptors (Lipinski definition) is 2. The first-order valence-corrected chi connectivity index (χ1v) is 7.23. The fraction of sp³-hybridized carbons (Fsp3) is 0.357. The van der Waals surface area contributed by atoms with Crippen LogP contribution in [0.2, 0.25) is 0 Å². The highest BCUT2D eigenvalue weighted by Gasteiger charge is 2.15. The molecule has 1 nitrogen and oxygen atoms in total. The SMILES string of the molecule is Cc1cc(C)c(C)c(-c2nc(C)c(Br)s2)c1C. The smallest absolute Gasteiger partial charge is 0.125 e. The van der Waals surface area contributed by atoms with E-state index in [2.05, 4.69) is 54.7 Å². The van der Waals surface area contributed by atoms with Gasteiger partial charge >= 0.3 is 0 Å². The molecule has 2 rings (SSSR count). The Kier molecular flexibility index (Phi) is 3.41. The second-order valence-electron chi connectivity index (χ2n) is 4.51. The molecule has 0 aliphatic rings. The highest BCUT2D eigenvalue weighted by Crippen LogP contribution is 2.37. The molecule has 0 aliphatic carbocycles. The van der Waals surface area contributed by atoms with E-state index in [4.69, 9.17) is 0 Å². The zero-order valence-electron chi connectivity index (χ0n) is 10.8. The third-order valence-corrected chi connectivity index (χ3v) is 5.34. The quantitative estimate of drug-likeness (QED) is 0.713. The fourth-order valence-corrected chi connectivity index (χ4v) is 3.52. The van der Waals surface area contributed by atoms with Crippen molar-refractivity contribution in [1.82, 2.24) is 4.98 Å². The molecule has 0 radical (unpaired) electrons. The van der Waals surface area contributed by atoms with Gasteiger partial charge in [0.1, 0.15) is 5.01 Å². The maximum absolute atomic E-state index is 4.66. The van der Waals surface area contributed by atoms with Gasteiger partial charge < -0.3 is 0 Å². The van der Waals surface area contributed by atoms with E-state index < -0.39 is 0 Å². The summed E-state index contributed by atoms with van der Waals surface area (Å²) < 4.78 is 1.13. The summed E-state index contributed by atoms with van der Waals surface area (Å²) in [6, 6.07) is 2.25. The van der Waals surface area contributed by atoms with Crippen molar-refractivity contribution >= 4 is 27.3 Å². The van der Waals surface area contributed by atoms with Crippen LogP contribution in [-0.4, -0.2) is 4.98 Å². The van der Waals surface area contributed by atoms with E-state index >= 15 is 0 Å². The minimum Gasteiger partial charge on any atom is -0.240 e. The average Bonchev–Trinajstić information content (AvgIpc) is 2.57. The second kappa shape index (κ2) is 4.54. The van der Waals surface area contributed by atoms with Gasteiger partial charge in [-0.15, -0.1) is 11.3 Å². The molecule has 1 aromatic heterocycles. The second-order valence-corrected chi connectivity index (χ2v) is 6.83. The lowest BCUT2D eigenvalue weighted by Gasteiger charge is -2.13. The number of aryl methyl sites for hydroxylation is 3. The van der Waals surface area contributed by atoms with Gasteiger partial charge in [-0.1, -0.05) is 6.07 Å². The first-order chi connectivity index (χ1) is 7.91. The number of thiazole rings is 1. The van der Waals surface area contributed by atoms with Gasteiger partial charge in [-0.2, -0.15) is 0 Å². The van der Waals surface area contributed by atoms with Gasteiger partial charge in [0.05, 0.1) is 9.48 Å². The Labute approximate surface area is 115 Å². The van der Waals surface area contributed by atoms with E-state index in [1.807, 2.05) is 6.92 Å². The fourth-order valence-electron chi connectivity index (χ4n) is 2.02. The van der Waals surface area contributed by atoms with Crippen LogP contribution in [0.4, 0.5) is 0 Å². The van der Waals surface area contributed by atoms with Gasteiger partial charge in [0.2, 0.25) is 0 Å². The highest BCUT2D eigenvalue weighted by molar-refractivity contribution is 9.11. The molecule has 0 atom stereocenters. The summed E-state index contributed by atoms with van der Waals surface area (Å²) in [6.45, 7) is 10.7. The number of nitrogens with zero attached hydrogens (tertiary/aromatic N) is 1. The first kappa shape index (κ1) is 12.8. The molecule has 0 amide bonds. The monoisotopic (exact) mass is 309 g/mol. The minimum atomic E-state index is 1.07. The summed E-state index contributed by atoms with van der Waals surface area (Å²) in [5.41, 5.74) is 7.74. The van der Waals surface area contributed by atoms with Crippen LogP contribution in [0, 0.1) is 34.6 Å². The lowest BCUT2D eigenvalue weighted by Crippen LogP contribution is -1.94. The lowest BCUT2D eigenvalue weighted by atomic mass is 9.95. The maximum Gasteiger partial charge on any atom is 0.125 e. The Morgan fingerprint density at radius 1 is 1.00 bits per heavy atom. The van der Waals surface area contributed by atoms with Crippen molar-refractivity contribution < 1.29 is 0 Å². The molecule has 0 unspecified atom stereocenters. The van der Waals surface area contributed by atoms with Crippen LogP contribution in [0.1, 0.15) is 27.9 Å². The number of rotatable bonds is 1. The summed E-state index contributed by atoms with van der Waals surface area (Å²) in [6.07, 6.45) is 0. The van der Waals surface area contributed by atoms with Crippen molar-refractivity contribution in [3.8, 4) is 10.6 Å². The molecule has 1 heterocycles. The predicted octanol–water partition coefficient (Wildman–Crippen LogP) is 5.11. The Hall–Kier alpha value is -0.670. The van der Waals surface area contributed by atoms with Crippen molar-refractivity contribution in [1.29, 1.82) is 0 Å². The van der Waals surface area contributed by atoms with E-state index in [1.54, 1.807) is 11.3 Å². The van der Waals surface area contributed by atoms with E-state index in [9.17, 15) is 0 Å². The molecule has 3 heteroatoms. The van der Waals surface area contributed by atoms with Gasteiger partial charge in [-0.25, -0.2) is 4.98 Å². The van der Waals surface area contributed by atoms with E-state index in [0.717, 1.165) is 14.5 Å². The third-order valence-electron chi connectivity index (χ3n) is 3.32. The molecule has 0 saturated heterocycles. The number of benzene rings is 1. The van der Waals surface area contributed by atoms with Crippen LogP contribution in [0.3, 0.4) is 0 Å². The average molecular weight is 310 g/mol. The molecule has 17 heavy (non-hydrogen) atoms. The standard InChI is InChI=1S/C14H16BrNS/c1-7-6-8(2)10(4)12(9(7)3)14-16-11(5)13(15)17-14/h6H,1-5H3. The Morgan fingerprint density at radius 3 is 1.94 bits per heavy atom. The van der Waals surface area contributed by atoms with Crippen LogP contribution in [0.25, 0.3) is 10.6 Å². The van der Waals surface area contributed by atoms with Crippen molar-refractivity contribution in [2.24, 2.45) is 0 Å². The molecule has 0 spiro atoms. The van der Waals surface area contributed by atoms with Crippen LogP contribution in [-0.2, 0) is 0 Å². The number of hydrogen-bond donors (Lipinski definition) is 0. The predicted molar refractivity (Wildman–Crippen MR) is 78.9 cm³/mol. The van der Waals surface area contributed by atoms with Crippen molar-refractivity contribution in [3.63, 3.8) is 0 Å². The summed E-state index contributed by atoms with van der Waals surface area (Å²) in [5.74, 6) is 0. The highest BCUT2D eigenvalue weighted by atomic mass is 79.9. The largest absolute Gasteiger partial charge is 0.240 e. The van der Waals surface area contributed by atoms with Gasteiger partial charge in [0.25, 0.3) is 0 Å². The number of halogens is 1. The van der Waals surface area contributed by atoms with Crippen molar-refractivity contribution in [2.75, 3.05) is 0 Å². The Morgan fingerprint density at radius 2 is 1.53 bits per heavy atom. The molecule has 90 valence electrons. The molecule has 1 aromatic carbocycles. The summed E-state index contributed by atoms with van der Waals surface area (Å²) in [4.78, 5) is 4.66.